The normalized spacial score (nSPS) is 11.2. The van der Waals surface area contributed by atoms with Crippen molar-refractivity contribution in [3.8, 4) is 6.07 Å². The Bertz CT molecular complexity index is 518. The van der Waals surface area contributed by atoms with Gasteiger partial charge in [0, 0.05) is 5.69 Å². The van der Waals surface area contributed by atoms with E-state index in [1.165, 1.54) is 18.9 Å². The fraction of sp³-hybridized carbons (Fsp3) is 0.231. The van der Waals surface area contributed by atoms with E-state index in [1.54, 1.807) is 6.26 Å². The summed E-state index contributed by atoms with van der Waals surface area (Å²) in [4.78, 5) is 11.5. The molecule has 0 bridgehead atoms. The van der Waals surface area contributed by atoms with Crippen LogP contribution in [0.15, 0.2) is 34.9 Å². The number of ether oxygens (including phenoxy) is 1. The summed E-state index contributed by atoms with van der Waals surface area (Å²) in [7, 11) is 1.26. The summed E-state index contributed by atoms with van der Waals surface area (Å²) >= 11 is 1.30. The molecule has 1 N–H and O–H groups in total. The SMILES string of the molecule is COC(=O)/C(C#N)=C(/Nc1ccccc1C)SC. The number of thioether (sulfide) groups is 1. The first-order valence-corrected chi connectivity index (χ1v) is 6.45. The van der Waals surface area contributed by atoms with Gasteiger partial charge in [0.15, 0.2) is 5.57 Å². The fourth-order valence-electron chi connectivity index (χ4n) is 1.34. The number of nitrogens with one attached hydrogen (secondary N) is 1. The highest BCUT2D eigenvalue weighted by Crippen LogP contribution is 2.23. The summed E-state index contributed by atoms with van der Waals surface area (Å²) < 4.78 is 4.58. The molecule has 0 saturated carbocycles. The van der Waals surface area contributed by atoms with E-state index in [9.17, 15) is 4.79 Å². The van der Waals surface area contributed by atoms with Crippen LogP contribution >= 0.6 is 11.8 Å². The molecular formula is C13H14N2O2S. The van der Waals surface area contributed by atoms with Crippen molar-refractivity contribution in [3.05, 3.63) is 40.4 Å². The van der Waals surface area contributed by atoms with Gasteiger partial charge < -0.3 is 10.1 Å². The lowest BCUT2D eigenvalue weighted by molar-refractivity contribution is -0.135. The Labute approximate surface area is 111 Å². The number of hydrogen-bond donors (Lipinski definition) is 1. The van der Waals surface area contributed by atoms with Crippen LogP contribution in [0.25, 0.3) is 0 Å². The highest BCUT2D eigenvalue weighted by atomic mass is 32.2. The molecule has 0 saturated heterocycles. The van der Waals surface area contributed by atoms with Gasteiger partial charge in [-0.15, -0.1) is 11.8 Å². The average Bonchev–Trinajstić information content (AvgIpc) is 2.40. The van der Waals surface area contributed by atoms with E-state index in [0.29, 0.717) is 5.03 Å². The van der Waals surface area contributed by atoms with Gasteiger partial charge in [-0.05, 0) is 24.8 Å². The standard InChI is InChI=1S/C13H14N2O2S/c1-9-6-4-5-7-11(9)15-12(18-3)10(8-14)13(16)17-2/h4-7,15H,1-3H3/b12-10-. The lowest BCUT2D eigenvalue weighted by Crippen LogP contribution is -2.10. The van der Waals surface area contributed by atoms with Crippen molar-refractivity contribution in [1.82, 2.24) is 0 Å². The van der Waals surface area contributed by atoms with Crippen LogP contribution in [-0.2, 0) is 9.53 Å². The molecule has 0 aliphatic rings. The first-order chi connectivity index (χ1) is 8.63. The number of anilines is 1. The van der Waals surface area contributed by atoms with Crippen molar-refractivity contribution in [2.45, 2.75) is 6.92 Å². The van der Waals surface area contributed by atoms with Crippen LogP contribution in [0.3, 0.4) is 0 Å². The van der Waals surface area contributed by atoms with Gasteiger partial charge >= 0.3 is 5.97 Å². The zero-order valence-corrected chi connectivity index (χ0v) is 11.3. The van der Waals surface area contributed by atoms with E-state index in [1.807, 2.05) is 37.3 Å². The molecule has 5 heteroatoms. The van der Waals surface area contributed by atoms with Gasteiger partial charge in [-0.1, -0.05) is 18.2 Å². The molecule has 0 fully saturated rings. The van der Waals surface area contributed by atoms with E-state index in [4.69, 9.17) is 5.26 Å². The second-order valence-corrected chi connectivity index (χ2v) is 4.27. The minimum Gasteiger partial charge on any atom is -0.465 e. The third-order valence-electron chi connectivity index (χ3n) is 2.33. The molecule has 1 rings (SSSR count). The molecule has 0 aliphatic heterocycles. The van der Waals surface area contributed by atoms with Crippen molar-refractivity contribution in [1.29, 1.82) is 5.26 Å². The lowest BCUT2D eigenvalue weighted by atomic mass is 10.2. The van der Waals surface area contributed by atoms with Crippen LogP contribution in [0.2, 0.25) is 0 Å². The van der Waals surface area contributed by atoms with Crippen molar-refractivity contribution >= 4 is 23.4 Å². The van der Waals surface area contributed by atoms with E-state index in [2.05, 4.69) is 10.1 Å². The number of carbonyl (C=O) groups is 1. The Morgan fingerprint density at radius 1 is 1.44 bits per heavy atom. The summed E-state index contributed by atoms with van der Waals surface area (Å²) in [5, 5.41) is 12.6. The average molecular weight is 262 g/mol. The number of esters is 1. The topological polar surface area (TPSA) is 62.1 Å². The van der Waals surface area contributed by atoms with Gasteiger partial charge in [0.05, 0.1) is 12.1 Å². The molecule has 18 heavy (non-hydrogen) atoms. The number of benzene rings is 1. The van der Waals surface area contributed by atoms with Crippen LogP contribution < -0.4 is 5.32 Å². The van der Waals surface area contributed by atoms with Crippen LogP contribution in [0.5, 0.6) is 0 Å². The maximum Gasteiger partial charge on any atom is 0.351 e. The Morgan fingerprint density at radius 2 is 2.11 bits per heavy atom. The second-order valence-electron chi connectivity index (χ2n) is 3.45. The maximum atomic E-state index is 11.5. The van der Waals surface area contributed by atoms with Gasteiger partial charge in [0.1, 0.15) is 6.07 Å². The van der Waals surface area contributed by atoms with E-state index in [0.717, 1.165) is 11.3 Å². The largest absolute Gasteiger partial charge is 0.465 e. The molecular weight excluding hydrogens is 248 g/mol. The number of carbonyl (C=O) groups excluding carboxylic acids is 1. The van der Waals surface area contributed by atoms with Crippen molar-refractivity contribution in [2.24, 2.45) is 0 Å². The summed E-state index contributed by atoms with van der Waals surface area (Å²) in [5.41, 5.74) is 1.87. The molecule has 1 aromatic rings. The highest BCUT2D eigenvalue weighted by molar-refractivity contribution is 8.02. The molecule has 94 valence electrons. The number of nitriles is 1. The minimum atomic E-state index is -0.636. The van der Waals surface area contributed by atoms with Crippen molar-refractivity contribution in [3.63, 3.8) is 0 Å². The Morgan fingerprint density at radius 3 is 2.61 bits per heavy atom. The predicted molar refractivity (Wildman–Crippen MR) is 73.0 cm³/mol. The molecule has 0 aliphatic carbocycles. The summed E-state index contributed by atoms with van der Waals surface area (Å²) in [6.07, 6.45) is 1.79. The van der Waals surface area contributed by atoms with Gasteiger partial charge in [-0.2, -0.15) is 5.26 Å². The van der Waals surface area contributed by atoms with E-state index < -0.39 is 5.97 Å². The number of methoxy groups -OCH3 is 1. The number of rotatable bonds is 4. The van der Waals surface area contributed by atoms with Gasteiger partial charge in [0.25, 0.3) is 0 Å². The summed E-state index contributed by atoms with van der Waals surface area (Å²) in [6.45, 7) is 1.95. The van der Waals surface area contributed by atoms with Crippen LogP contribution in [-0.4, -0.2) is 19.3 Å². The second kappa shape index (κ2) is 6.72. The van der Waals surface area contributed by atoms with Crippen LogP contribution in [0.4, 0.5) is 5.69 Å². The molecule has 0 aromatic heterocycles. The quantitative estimate of drug-likeness (QED) is 0.513. The third kappa shape index (κ3) is 3.28. The van der Waals surface area contributed by atoms with E-state index in [-0.39, 0.29) is 5.57 Å². The van der Waals surface area contributed by atoms with Crippen LogP contribution in [0, 0.1) is 18.3 Å². The third-order valence-corrected chi connectivity index (χ3v) is 3.04. The van der Waals surface area contributed by atoms with Crippen LogP contribution in [0.1, 0.15) is 5.56 Å². The summed E-state index contributed by atoms with van der Waals surface area (Å²) in [6, 6.07) is 9.51. The Kier molecular flexibility index (Phi) is 5.28. The zero-order valence-electron chi connectivity index (χ0n) is 10.5. The van der Waals surface area contributed by atoms with Crippen molar-refractivity contribution in [2.75, 3.05) is 18.7 Å². The number of aryl methyl sites for hydroxylation is 1. The number of nitrogens with zero attached hydrogens (tertiary/aromatic N) is 1. The molecule has 0 heterocycles. The summed E-state index contributed by atoms with van der Waals surface area (Å²) in [5.74, 6) is -0.636. The maximum absolute atomic E-state index is 11.5. The molecule has 4 nitrogen and oxygen atoms in total. The smallest absolute Gasteiger partial charge is 0.351 e. The first-order valence-electron chi connectivity index (χ1n) is 5.23. The van der Waals surface area contributed by atoms with Crippen molar-refractivity contribution < 1.29 is 9.53 Å². The van der Waals surface area contributed by atoms with Gasteiger partial charge in [-0.3, -0.25) is 0 Å². The Hall–Kier alpha value is -1.93. The molecule has 0 amide bonds. The molecule has 0 spiro atoms. The Balaban J connectivity index is 3.12. The lowest BCUT2D eigenvalue weighted by Gasteiger charge is -2.12. The number of hydrogen-bond acceptors (Lipinski definition) is 5. The number of para-hydroxylation sites is 1. The first kappa shape index (κ1) is 14.1. The predicted octanol–water partition coefficient (Wildman–Crippen LogP) is 2.68. The highest BCUT2D eigenvalue weighted by Gasteiger charge is 2.16. The monoisotopic (exact) mass is 262 g/mol. The van der Waals surface area contributed by atoms with Gasteiger partial charge in [-0.25, -0.2) is 4.79 Å². The van der Waals surface area contributed by atoms with E-state index >= 15 is 0 Å². The molecule has 0 atom stereocenters. The molecule has 0 unspecified atom stereocenters. The van der Waals surface area contributed by atoms with Gasteiger partial charge in [0.2, 0.25) is 0 Å². The molecule has 1 aromatic carbocycles. The fourth-order valence-corrected chi connectivity index (χ4v) is 1.89. The minimum absolute atomic E-state index is 0.0201. The zero-order chi connectivity index (χ0) is 13.5. The molecule has 0 radical (unpaired) electrons.